The Hall–Kier alpha value is -2.38. The van der Waals surface area contributed by atoms with Crippen LogP contribution in [-0.2, 0) is 25.8 Å². The minimum Gasteiger partial charge on any atom is -0.312 e. The van der Waals surface area contributed by atoms with Gasteiger partial charge >= 0.3 is 0 Å². The van der Waals surface area contributed by atoms with Gasteiger partial charge in [-0.25, -0.2) is 0 Å². The fraction of sp³-hybridized carbons (Fsp3) is 0.308. The Kier molecular flexibility index (Phi) is 7.24. The molecule has 0 fully saturated rings. The molecule has 0 saturated carbocycles. The number of benzene rings is 3. The summed E-state index contributed by atoms with van der Waals surface area (Å²) >= 11 is 0. The van der Waals surface area contributed by atoms with Gasteiger partial charge in [0.25, 0.3) is 0 Å². The number of hydrogen-bond acceptors (Lipinski definition) is 1. The van der Waals surface area contributed by atoms with Crippen molar-refractivity contribution >= 4 is 0 Å². The van der Waals surface area contributed by atoms with Gasteiger partial charge in [0, 0.05) is 13.1 Å². The zero-order chi connectivity index (χ0) is 18.9. The fourth-order valence-corrected chi connectivity index (χ4v) is 3.56. The van der Waals surface area contributed by atoms with Crippen molar-refractivity contribution in [1.29, 1.82) is 0 Å². The largest absolute Gasteiger partial charge is 0.312 e. The van der Waals surface area contributed by atoms with Crippen molar-refractivity contribution < 1.29 is 0 Å². The molecule has 0 heterocycles. The van der Waals surface area contributed by atoms with E-state index in [1.165, 1.54) is 27.8 Å². The highest BCUT2D eigenvalue weighted by Crippen LogP contribution is 2.17. The second-order valence-electron chi connectivity index (χ2n) is 7.38. The molecule has 0 aliphatic carbocycles. The molecule has 1 heteroatoms. The van der Waals surface area contributed by atoms with Gasteiger partial charge in [0.2, 0.25) is 0 Å². The summed E-state index contributed by atoms with van der Waals surface area (Å²) in [5.41, 5.74) is 7.13. The average Bonchev–Trinajstić information content (AvgIpc) is 2.73. The molecule has 140 valence electrons. The number of rotatable bonds is 9. The number of aryl methyl sites for hydroxylation is 3. The molecule has 0 bridgehead atoms. The third-order valence-corrected chi connectivity index (χ3v) is 5.34. The van der Waals surface area contributed by atoms with Crippen LogP contribution in [0.2, 0.25) is 0 Å². The van der Waals surface area contributed by atoms with Crippen molar-refractivity contribution in [3.8, 4) is 0 Å². The van der Waals surface area contributed by atoms with E-state index in [-0.39, 0.29) is 0 Å². The number of nitrogens with one attached hydrogen (secondary N) is 1. The highest BCUT2D eigenvalue weighted by molar-refractivity contribution is 5.29. The van der Waals surface area contributed by atoms with Crippen molar-refractivity contribution in [3.05, 3.63) is 107 Å². The molecule has 0 aromatic heterocycles. The van der Waals surface area contributed by atoms with Gasteiger partial charge in [0.15, 0.2) is 0 Å². The van der Waals surface area contributed by atoms with Crippen LogP contribution in [0.5, 0.6) is 0 Å². The van der Waals surface area contributed by atoms with Gasteiger partial charge in [-0.2, -0.15) is 0 Å². The molecule has 1 atom stereocenters. The highest BCUT2D eigenvalue weighted by Gasteiger charge is 2.07. The highest BCUT2D eigenvalue weighted by atomic mass is 14.9. The minimum absolute atomic E-state index is 0.521. The lowest BCUT2D eigenvalue weighted by Gasteiger charge is -2.16. The maximum absolute atomic E-state index is 3.68. The van der Waals surface area contributed by atoms with Crippen LogP contribution in [0.1, 0.15) is 47.6 Å². The number of hydrogen-bond donors (Lipinski definition) is 1. The molecule has 3 rings (SSSR count). The van der Waals surface area contributed by atoms with Crippen molar-refractivity contribution in [3.63, 3.8) is 0 Å². The van der Waals surface area contributed by atoms with Crippen LogP contribution < -0.4 is 5.32 Å². The maximum atomic E-state index is 3.68. The standard InChI is InChI=1S/C26H31N/c1-3-22-12-9-15-25(18-22)21(2)19-27-20-26-14-8-7-13-24(26)17-16-23-10-5-4-6-11-23/h4-15,18,21,27H,3,16-17,19-20H2,1-2H3. The summed E-state index contributed by atoms with van der Waals surface area (Å²) in [5.74, 6) is 0.521. The SMILES string of the molecule is CCc1cccc(C(C)CNCc2ccccc2CCc2ccccc2)c1. The molecule has 3 aromatic carbocycles. The van der Waals surface area contributed by atoms with E-state index in [0.29, 0.717) is 5.92 Å². The van der Waals surface area contributed by atoms with Crippen LogP contribution in [0.25, 0.3) is 0 Å². The van der Waals surface area contributed by atoms with Gasteiger partial charge in [0.05, 0.1) is 0 Å². The van der Waals surface area contributed by atoms with E-state index in [4.69, 9.17) is 0 Å². The first kappa shape index (κ1) is 19.4. The first-order valence-electron chi connectivity index (χ1n) is 10.2. The lowest BCUT2D eigenvalue weighted by molar-refractivity contribution is 0.612. The van der Waals surface area contributed by atoms with E-state index in [2.05, 4.69) is 98.0 Å². The predicted octanol–water partition coefficient (Wildman–Crippen LogP) is 5.93. The average molecular weight is 358 g/mol. The van der Waals surface area contributed by atoms with Crippen molar-refractivity contribution in [1.82, 2.24) is 5.32 Å². The molecule has 27 heavy (non-hydrogen) atoms. The Balaban J connectivity index is 1.54. The lowest BCUT2D eigenvalue weighted by Crippen LogP contribution is -2.20. The molecule has 0 spiro atoms. The summed E-state index contributed by atoms with van der Waals surface area (Å²) in [4.78, 5) is 0. The van der Waals surface area contributed by atoms with E-state index < -0.39 is 0 Å². The first-order chi connectivity index (χ1) is 13.3. The van der Waals surface area contributed by atoms with Crippen molar-refractivity contribution in [2.45, 2.75) is 45.6 Å². The Morgan fingerprint density at radius 3 is 2.22 bits per heavy atom. The Labute approximate surface area is 164 Å². The summed E-state index contributed by atoms with van der Waals surface area (Å²) in [5, 5.41) is 3.68. The van der Waals surface area contributed by atoms with Crippen molar-refractivity contribution in [2.24, 2.45) is 0 Å². The molecule has 1 N–H and O–H groups in total. The van der Waals surface area contributed by atoms with Crippen LogP contribution in [0.4, 0.5) is 0 Å². The first-order valence-corrected chi connectivity index (χ1v) is 10.2. The topological polar surface area (TPSA) is 12.0 Å². The fourth-order valence-electron chi connectivity index (χ4n) is 3.56. The van der Waals surface area contributed by atoms with E-state index in [1.807, 2.05) is 0 Å². The zero-order valence-corrected chi connectivity index (χ0v) is 16.6. The molecule has 0 saturated heterocycles. The van der Waals surface area contributed by atoms with E-state index in [1.54, 1.807) is 0 Å². The van der Waals surface area contributed by atoms with Crippen LogP contribution in [0.3, 0.4) is 0 Å². The Morgan fingerprint density at radius 1 is 0.741 bits per heavy atom. The predicted molar refractivity (Wildman–Crippen MR) is 116 cm³/mol. The van der Waals surface area contributed by atoms with Crippen LogP contribution in [0, 0.1) is 0 Å². The molecule has 0 aliphatic heterocycles. The zero-order valence-electron chi connectivity index (χ0n) is 16.6. The smallest absolute Gasteiger partial charge is 0.0208 e. The maximum Gasteiger partial charge on any atom is 0.0208 e. The molecule has 1 nitrogen and oxygen atoms in total. The normalized spacial score (nSPS) is 12.1. The van der Waals surface area contributed by atoms with Crippen molar-refractivity contribution in [2.75, 3.05) is 6.54 Å². The second-order valence-corrected chi connectivity index (χ2v) is 7.38. The summed E-state index contributed by atoms with van der Waals surface area (Å²) < 4.78 is 0. The van der Waals surface area contributed by atoms with Crippen LogP contribution in [0.15, 0.2) is 78.9 Å². The van der Waals surface area contributed by atoms with E-state index in [0.717, 1.165) is 32.4 Å². The van der Waals surface area contributed by atoms with Gasteiger partial charge < -0.3 is 5.32 Å². The lowest BCUT2D eigenvalue weighted by atomic mass is 9.97. The molecule has 0 amide bonds. The molecular weight excluding hydrogens is 326 g/mol. The van der Waals surface area contributed by atoms with E-state index >= 15 is 0 Å². The van der Waals surface area contributed by atoms with Crippen LogP contribution in [-0.4, -0.2) is 6.54 Å². The monoisotopic (exact) mass is 357 g/mol. The molecule has 0 radical (unpaired) electrons. The minimum atomic E-state index is 0.521. The van der Waals surface area contributed by atoms with Gasteiger partial charge in [-0.05, 0) is 53.0 Å². The molecule has 1 unspecified atom stereocenters. The van der Waals surface area contributed by atoms with Crippen LogP contribution >= 0.6 is 0 Å². The third kappa shape index (κ3) is 5.80. The Morgan fingerprint density at radius 2 is 1.44 bits per heavy atom. The van der Waals surface area contributed by atoms with Gasteiger partial charge in [-0.1, -0.05) is 92.7 Å². The quantitative estimate of drug-likeness (QED) is 0.500. The van der Waals surface area contributed by atoms with Gasteiger partial charge in [-0.15, -0.1) is 0 Å². The second kappa shape index (κ2) is 10.1. The summed E-state index contributed by atoms with van der Waals surface area (Å²) in [6.45, 7) is 6.46. The van der Waals surface area contributed by atoms with E-state index in [9.17, 15) is 0 Å². The van der Waals surface area contributed by atoms with Gasteiger partial charge in [0.1, 0.15) is 0 Å². The molecular formula is C26H31N. The molecule has 3 aromatic rings. The summed E-state index contributed by atoms with van der Waals surface area (Å²) in [6, 6.07) is 28.6. The summed E-state index contributed by atoms with van der Waals surface area (Å²) in [7, 11) is 0. The van der Waals surface area contributed by atoms with Gasteiger partial charge in [-0.3, -0.25) is 0 Å². The molecule has 0 aliphatic rings. The Bertz CT molecular complexity index is 822. The summed E-state index contributed by atoms with van der Waals surface area (Å²) in [6.07, 6.45) is 3.29. The third-order valence-electron chi connectivity index (χ3n) is 5.34.